The van der Waals surface area contributed by atoms with Gasteiger partial charge in [-0.25, -0.2) is 0 Å². The number of Topliss-reactive ketones (excluding diaryl/α,β-unsaturated/α-hetero) is 1. The van der Waals surface area contributed by atoms with Crippen molar-refractivity contribution in [2.24, 2.45) is 0 Å². The minimum absolute atomic E-state index is 0.0506. The zero-order valence-electron chi connectivity index (χ0n) is 12.1. The van der Waals surface area contributed by atoms with E-state index in [1.165, 1.54) is 11.3 Å². The van der Waals surface area contributed by atoms with Gasteiger partial charge in [0.05, 0.1) is 11.3 Å². The molecule has 0 fully saturated rings. The number of nitrogens with one attached hydrogen (secondary N) is 1. The quantitative estimate of drug-likeness (QED) is 0.611. The van der Waals surface area contributed by atoms with E-state index in [0.717, 1.165) is 0 Å². The first-order valence-electron chi connectivity index (χ1n) is 6.82. The Morgan fingerprint density at radius 1 is 1.09 bits per heavy atom. The molecule has 1 amide bonds. The topological polar surface area (TPSA) is 72.5 Å². The number of carbonyl (C=O) groups excluding carboxylic acids is 3. The van der Waals surface area contributed by atoms with Gasteiger partial charge in [-0.1, -0.05) is 17.7 Å². The van der Waals surface area contributed by atoms with Crippen molar-refractivity contribution in [1.82, 2.24) is 0 Å². The number of anilines is 1. The normalized spacial score (nSPS) is 10.1. The molecule has 0 bridgehead atoms. The summed E-state index contributed by atoms with van der Waals surface area (Å²) in [7, 11) is 0. The van der Waals surface area contributed by atoms with Gasteiger partial charge >= 0.3 is 5.97 Å². The Hall–Kier alpha value is -2.18. The van der Waals surface area contributed by atoms with Gasteiger partial charge in [-0.2, -0.15) is 0 Å². The molecule has 0 aliphatic heterocycles. The van der Waals surface area contributed by atoms with Crippen molar-refractivity contribution >= 4 is 46.3 Å². The Labute approximate surface area is 142 Å². The Bertz CT molecular complexity index is 683. The third-order valence-electron chi connectivity index (χ3n) is 2.84. The molecule has 23 heavy (non-hydrogen) atoms. The van der Waals surface area contributed by atoms with Gasteiger partial charge in [0.1, 0.15) is 0 Å². The van der Waals surface area contributed by atoms with E-state index in [4.69, 9.17) is 16.3 Å². The van der Waals surface area contributed by atoms with Crippen molar-refractivity contribution in [3.8, 4) is 0 Å². The zero-order chi connectivity index (χ0) is 16.7. The number of hydrogen-bond donors (Lipinski definition) is 1. The summed E-state index contributed by atoms with van der Waals surface area (Å²) in [4.78, 5) is 35.5. The first-order chi connectivity index (χ1) is 11.0. The first kappa shape index (κ1) is 17.2. The molecule has 0 unspecified atom stereocenters. The van der Waals surface area contributed by atoms with Crippen LogP contribution in [0.3, 0.4) is 0 Å². The lowest BCUT2D eigenvalue weighted by Gasteiger charge is -2.06. The molecule has 120 valence electrons. The lowest BCUT2D eigenvalue weighted by molar-refractivity contribution is -0.147. The number of benzene rings is 1. The fourth-order valence-corrected chi connectivity index (χ4v) is 2.54. The Morgan fingerprint density at radius 3 is 2.48 bits per heavy atom. The minimum Gasteiger partial charge on any atom is -0.456 e. The molecular weight excluding hydrogens is 338 g/mol. The molecule has 0 spiro atoms. The Morgan fingerprint density at radius 2 is 1.83 bits per heavy atom. The summed E-state index contributed by atoms with van der Waals surface area (Å²) in [5.41, 5.74) is 0.559. The average Bonchev–Trinajstić information content (AvgIpc) is 3.07. The van der Waals surface area contributed by atoms with Gasteiger partial charge in [0.15, 0.2) is 12.4 Å². The summed E-state index contributed by atoms with van der Waals surface area (Å²) >= 11 is 7.07. The Balaban J connectivity index is 1.68. The lowest BCUT2D eigenvalue weighted by atomic mass is 10.2. The van der Waals surface area contributed by atoms with E-state index in [1.807, 2.05) is 0 Å². The monoisotopic (exact) mass is 351 g/mol. The number of hydrogen-bond acceptors (Lipinski definition) is 5. The van der Waals surface area contributed by atoms with Crippen LogP contribution in [0.1, 0.15) is 22.5 Å². The van der Waals surface area contributed by atoms with Gasteiger partial charge in [-0.05, 0) is 35.7 Å². The number of thiophene rings is 1. The molecule has 7 heteroatoms. The number of halogens is 1. The number of esters is 1. The van der Waals surface area contributed by atoms with Crippen LogP contribution < -0.4 is 5.32 Å². The van der Waals surface area contributed by atoms with E-state index in [9.17, 15) is 14.4 Å². The van der Waals surface area contributed by atoms with Crippen molar-refractivity contribution in [1.29, 1.82) is 0 Å². The highest BCUT2D eigenvalue weighted by Crippen LogP contribution is 2.14. The van der Waals surface area contributed by atoms with Gasteiger partial charge in [-0.15, -0.1) is 11.3 Å². The van der Waals surface area contributed by atoms with Gasteiger partial charge in [0.2, 0.25) is 0 Å². The van der Waals surface area contributed by atoms with Crippen LogP contribution in [-0.4, -0.2) is 24.3 Å². The van der Waals surface area contributed by atoms with E-state index in [1.54, 1.807) is 41.8 Å². The minimum atomic E-state index is -0.582. The van der Waals surface area contributed by atoms with Crippen LogP contribution >= 0.6 is 22.9 Å². The highest BCUT2D eigenvalue weighted by atomic mass is 35.5. The summed E-state index contributed by atoms with van der Waals surface area (Å²) < 4.78 is 4.84. The highest BCUT2D eigenvalue weighted by molar-refractivity contribution is 7.12. The molecule has 5 nitrogen and oxygen atoms in total. The maximum atomic E-state index is 11.7. The second kappa shape index (κ2) is 8.45. The summed E-state index contributed by atoms with van der Waals surface area (Å²) in [5.74, 6) is -1.14. The van der Waals surface area contributed by atoms with E-state index < -0.39 is 18.5 Å². The lowest BCUT2D eigenvalue weighted by Crippen LogP contribution is -2.21. The molecule has 2 rings (SSSR count). The van der Waals surface area contributed by atoms with E-state index in [0.29, 0.717) is 15.6 Å². The molecule has 0 aliphatic carbocycles. The predicted molar refractivity (Wildman–Crippen MR) is 88.9 cm³/mol. The van der Waals surface area contributed by atoms with Crippen LogP contribution in [0.4, 0.5) is 5.69 Å². The van der Waals surface area contributed by atoms with Gasteiger partial charge in [0, 0.05) is 17.1 Å². The number of ether oxygens (including phenoxy) is 1. The van der Waals surface area contributed by atoms with Gasteiger partial charge < -0.3 is 10.1 Å². The standard InChI is InChI=1S/C16H14ClNO4S/c17-11-3-5-12(6-4-11)18-15(20)10-22-16(21)8-7-13(19)14-2-1-9-23-14/h1-6,9H,7-8,10H2,(H,18,20). The molecule has 0 aliphatic rings. The summed E-state index contributed by atoms with van der Waals surface area (Å²) in [6.45, 7) is -0.394. The van der Waals surface area contributed by atoms with Crippen molar-refractivity contribution < 1.29 is 19.1 Å². The fourth-order valence-electron chi connectivity index (χ4n) is 1.72. The smallest absolute Gasteiger partial charge is 0.306 e. The highest BCUT2D eigenvalue weighted by Gasteiger charge is 2.12. The summed E-state index contributed by atoms with van der Waals surface area (Å²) in [6, 6.07) is 10.0. The molecular formula is C16H14ClNO4S. The second-order valence-corrected chi connectivity index (χ2v) is 6.00. The van der Waals surface area contributed by atoms with E-state index in [2.05, 4.69) is 5.32 Å². The first-order valence-corrected chi connectivity index (χ1v) is 8.08. The predicted octanol–water partition coefficient (Wildman–Crippen LogP) is 3.55. The molecule has 0 atom stereocenters. The van der Waals surface area contributed by atoms with Crippen molar-refractivity contribution in [3.05, 3.63) is 51.7 Å². The second-order valence-electron chi connectivity index (χ2n) is 4.62. The summed E-state index contributed by atoms with van der Waals surface area (Å²) in [5, 5.41) is 4.93. The molecule has 0 saturated heterocycles. The van der Waals surface area contributed by atoms with Crippen LogP contribution in [0.2, 0.25) is 5.02 Å². The van der Waals surface area contributed by atoms with Crippen LogP contribution in [0.25, 0.3) is 0 Å². The number of amides is 1. The van der Waals surface area contributed by atoms with E-state index >= 15 is 0 Å². The van der Waals surface area contributed by atoms with Crippen molar-refractivity contribution in [3.63, 3.8) is 0 Å². The molecule has 0 saturated carbocycles. The third kappa shape index (κ3) is 5.84. The van der Waals surface area contributed by atoms with E-state index in [-0.39, 0.29) is 18.6 Å². The van der Waals surface area contributed by atoms with Crippen LogP contribution in [0, 0.1) is 0 Å². The third-order valence-corrected chi connectivity index (χ3v) is 4.01. The molecule has 1 aromatic heterocycles. The largest absolute Gasteiger partial charge is 0.456 e. The fraction of sp³-hybridized carbons (Fsp3) is 0.188. The van der Waals surface area contributed by atoms with Crippen LogP contribution in [-0.2, 0) is 14.3 Å². The number of carbonyl (C=O) groups is 3. The summed E-state index contributed by atoms with van der Waals surface area (Å²) in [6.07, 6.45) is 0.0170. The molecule has 1 heterocycles. The van der Waals surface area contributed by atoms with Gasteiger partial charge in [-0.3, -0.25) is 14.4 Å². The average molecular weight is 352 g/mol. The number of ketones is 1. The maximum absolute atomic E-state index is 11.7. The van der Waals surface area contributed by atoms with Crippen LogP contribution in [0.5, 0.6) is 0 Å². The molecule has 0 radical (unpaired) electrons. The molecule has 2 aromatic rings. The van der Waals surface area contributed by atoms with Crippen LogP contribution in [0.15, 0.2) is 41.8 Å². The number of rotatable bonds is 7. The Kier molecular flexibility index (Phi) is 6.31. The van der Waals surface area contributed by atoms with Crippen molar-refractivity contribution in [2.75, 3.05) is 11.9 Å². The SMILES string of the molecule is O=C(COC(=O)CCC(=O)c1cccs1)Nc1ccc(Cl)cc1. The molecule has 1 aromatic carbocycles. The maximum Gasteiger partial charge on any atom is 0.306 e. The molecule has 1 N–H and O–H groups in total. The van der Waals surface area contributed by atoms with Crippen molar-refractivity contribution in [2.45, 2.75) is 12.8 Å². The van der Waals surface area contributed by atoms with Gasteiger partial charge in [0.25, 0.3) is 5.91 Å². The zero-order valence-corrected chi connectivity index (χ0v) is 13.7.